The molecular weight excluding hydrogens is 382 g/mol. The van der Waals surface area contributed by atoms with E-state index in [4.69, 9.17) is 0 Å². The fourth-order valence-electron chi connectivity index (χ4n) is 3.35. The van der Waals surface area contributed by atoms with E-state index in [2.05, 4.69) is 20.7 Å². The summed E-state index contributed by atoms with van der Waals surface area (Å²) in [6.45, 7) is 0. The van der Waals surface area contributed by atoms with Gasteiger partial charge in [0.05, 0.1) is 11.4 Å². The second-order valence-electron chi connectivity index (χ2n) is 7.79. The lowest BCUT2D eigenvalue weighted by molar-refractivity contribution is 0.102. The molecule has 2 amide bonds. The highest BCUT2D eigenvalue weighted by Crippen LogP contribution is 2.42. The van der Waals surface area contributed by atoms with Crippen LogP contribution in [0.2, 0.25) is 0 Å². The number of aromatic hydroxyl groups is 1. The summed E-state index contributed by atoms with van der Waals surface area (Å²) >= 11 is 0. The Bertz CT molecular complexity index is 1120. The van der Waals surface area contributed by atoms with Gasteiger partial charge in [0, 0.05) is 41.2 Å². The molecular formula is C22H21N5O3. The Labute approximate surface area is 172 Å². The summed E-state index contributed by atoms with van der Waals surface area (Å²) < 4.78 is 1.42. The smallest absolute Gasteiger partial charge is 0.342 e. The lowest BCUT2D eigenvalue weighted by Crippen LogP contribution is -2.32. The number of rotatable bonds is 5. The first-order chi connectivity index (χ1) is 14.6. The van der Waals surface area contributed by atoms with Gasteiger partial charge in [-0.3, -0.25) is 9.78 Å². The maximum Gasteiger partial charge on any atom is 0.342 e. The summed E-state index contributed by atoms with van der Waals surface area (Å²) in [5.41, 5.74) is 2.82. The lowest BCUT2D eigenvalue weighted by atomic mass is 10.1. The van der Waals surface area contributed by atoms with Gasteiger partial charge in [-0.1, -0.05) is 0 Å². The predicted octanol–water partition coefficient (Wildman–Crippen LogP) is 3.50. The van der Waals surface area contributed by atoms with Crippen LogP contribution in [0.5, 0.6) is 5.75 Å². The number of phenols is 1. The molecule has 8 nitrogen and oxygen atoms in total. The van der Waals surface area contributed by atoms with E-state index in [0.29, 0.717) is 28.4 Å². The molecule has 3 aromatic rings. The second kappa shape index (κ2) is 7.29. The Kier molecular flexibility index (Phi) is 4.46. The quantitative estimate of drug-likeness (QED) is 0.565. The zero-order chi connectivity index (χ0) is 20.7. The van der Waals surface area contributed by atoms with E-state index in [-0.39, 0.29) is 23.7 Å². The SMILES string of the molecule is O=C(Nc1ccc(O)c(-c2cc(C3CC3)n(C(=O)NC3CC3)n2)c1)c1ccncc1. The normalized spacial score (nSPS) is 15.6. The molecule has 0 saturated heterocycles. The maximum absolute atomic E-state index is 12.6. The summed E-state index contributed by atoms with van der Waals surface area (Å²) in [5.74, 6) is 0.0708. The Morgan fingerprint density at radius 1 is 1.03 bits per heavy atom. The number of aromatic nitrogens is 3. The van der Waals surface area contributed by atoms with E-state index >= 15 is 0 Å². The molecule has 30 heavy (non-hydrogen) atoms. The first kappa shape index (κ1) is 18.4. The highest BCUT2D eigenvalue weighted by atomic mass is 16.3. The predicted molar refractivity (Wildman–Crippen MR) is 110 cm³/mol. The highest BCUT2D eigenvalue weighted by Gasteiger charge is 2.32. The first-order valence-corrected chi connectivity index (χ1v) is 10.0. The number of hydrogen-bond donors (Lipinski definition) is 3. The zero-order valence-electron chi connectivity index (χ0n) is 16.2. The van der Waals surface area contributed by atoms with Crippen LogP contribution in [-0.2, 0) is 0 Å². The third-order valence-electron chi connectivity index (χ3n) is 5.30. The maximum atomic E-state index is 12.6. The van der Waals surface area contributed by atoms with E-state index in [9.17, 15) is 14.7 Å². The molecule has 2 saturated carbocycles. The highest BCUT2D eigenvalue weighted by molar-refractivity contribution is 6.04. The van der Waals surface area contributed by atoms with Gasteiger partial charge in [0.2, 0.25) is 0 Å². The fraction of sp³-hybridized carbons (Fsp3) is 0.273. The van der Waals surface area contributed by atoms with Gasteiger partial charge < -0.3 is 15.7 Å². The van der Waals surface area contributed by atoms with Crippen LogP contribution in [0.15, 0.2) is 48.8 Å². The summed E-state index contributed by atoms with van der Waals surface area (Å²) in [4.78, 5) is 28.9. The van der Waals surface area contributed by atoms with Crippen molar-refractivity contribution >= 4 is 17.6 Å². The third kappa shape index (κ3) is 3.76. The van der Waals surface area contributed by atoms with Crippen molar-refractivity contribution in [1.82, 2.24) is 20.1 Å². The van der Waals surface area contributed by atoms with Crippen LogP contribution in [-0.4, -0.2) is 37.9 Å². The van der Waals surface area contributed by atoms with Crippen molar-refractivity contribution in [3.05, 3.63) is 60.0 Å². The van der Waals surface area contributed by atoms with Gasteiger partial charge in [-0.05, 0) is 62.1 Å². The number of pyridine rings is 1. The van der Waals surface area contributed by atoms with Crippen molar-refractivity contribution in [2.24, 2.45) is 0 Å². The van der Waals surface area contributed by atoms with E-state index in [1.807, 2.05) is 6.07 Å². The van der Waals surface area contributed by atoms with Gasteiger partial charge in [0.1, 0.15) is 5.75 Å². The van der Waals surface area contributed by atoms with Gasteiger partial charge in [-0.2, -0.15) is 9.78 Å². The molecule has 8 heteroatoms. The molecule has 0 unspecified atom stereocenters. The average molecular weight is 403 g/mol. The molecule has 3 N–H and O–H groups in total. The summed E-state index contributed by atoms with van der Waals surface area (Å²) in [5, 5.41) is 20.7. The molecule has 0 aliphatic heterocycles. The van der Waals surface area contributed by atoms with E-state index < -0.39 is 0 Å². The van der Waals surface area contributed by atoms with Crippen molar-refractivity contribution in [1.29, 1.82) is 0 Å². The molecule has 0 atom stereocenters. The lowest BCUT2D eigenvalue weighted by Gasteiger charge is -2.08. The standard InChI is InChI=1S/C22H21N5O3/c28-20-6-5-16(24-21(29)14-7-9-23-10-8-14)11-17(20)18-12-19(13-1-2-13)27(26-18)22(30)25-15-3-4-15/h5-13,15,28H,1-4H2,(H,24,29)(H,25,30). The van der Waals surface area contributed by atoms with Gasteiger partial charge >= 0.3 is 6.03 Å². The molecule has 2 aromatic heterocycles. The summed E-state index contributed by atoms with van der Waals surface area (Å²) in [6, 6.07) is 9.90. The largest absolute Gasteiger partial charge is 0.507 e. The number of nitrogens with zero attached hydrogens (tertiary/aromatic N) is 3. The molecule has 5 rings (SSSR count). The van der Waals surface area contributed by atoms with E-state index in [1.165, 1.54) is 10.7 Å². The molecule has 2 aliphatic rings. The van der Waals surface area contributed by atoms with E-state index in [0.717, 1.165) is 31.4 Å². The summed E-state index contributed by atoms with van der Waals surface area (Å²) in [6.07, 6.45) is 7.15. The molecule has 0 bridgehead atoms. The minimum atomic E-state index is -0.276. The van der Waals surface area contributed by atoms with Crippen LogP contribution in [0, 0.1) is 0 Å². The molecule has 0 radical (unpaired) electrons. The molecule has 0 spiro atoms. The average Bonchev–Trinajstić information content (AvgIpc) is 3.69. The Morgan fingerprint density at radius 2 is 1.80 bits per heavy atom. The number of anilines is 1. The number of nitrogens with one attached hydrogen (secondary N) is 2. The topological polar surface area (TPSA) is 109 Å². The van der Waals surface area contributed by atoms with Gasteiger partial charge in [0.15, 0.2) is 0 Å². The Morgan fingerprint density at radius 3 is 2.50 bits per heavy atom. The number of amides is 2. The van der Waals surface area contributed by atoms with Gasteiger partial charge in [-0.15, -0.1) is 0 Å². The van der Waals surface area contributed by atoms with Crippen LogP contribution in [0.4, 0.5) is 10.5 Å². The molecule has 152 valence electrons. The number of hydrogen-bond acceptors (Lipinski definition) is 5. The van der Waals surface area contributed by atoms with Crippen LogP contribution in [0.3, 0.4) is 0 Å². The molecule has 1 aromatic carbocycles. The third-order valence-corrected chi connectivity index (χ3v) is 5.30. The molecule has 2 aliphatic carbocycles. The zero-order valence-corrected chi connectivity index (χ0v) is 16.2. The molecule has 2 heterocycles. The number of carbonyl (C=O) groups is 2. The van der Waals surface area contributed by atoms with Crippen molar-refractivity contribution in [3.8, 4) is 17.0 Å². The Hall–Kier alpha value is -3.68. The Balaban J connectivity index is 1.44. The van der Waals surface area contributed by atoms with Crippen LogP contribution in [0.25, 0.3) is 11.3 Å². The minimum Gasteiger partial charge on any atom is -0.507 e. The monoisotopic (exact) mass is 403 g/mol. The van der Waals surface area contributed by atoms with Gasteiger partial charge in [0.25, 0.3) is 5.91 Å². The number of benzene rings is 1. The van der Waals surface area contributed by atoms with Gasteiger partial charge in [-0.25, -0.2) is 4.79 Å². The number of phenolic OH excluding ortho intramolecular Hbond substituents is 1. The van der Waals surface area contributed by atoms with Crippen LogP contribution < -0.4 is 10.6 Å². The van der Waals surface area contributed by atoms with Crippen molar-refractivity contribution in [2.75, 3.05) is 5.32 Å². The van der Waals surface area contributed by atoms with Crippen molar-refractivity contribution in [3.63, 3.8) is 0 Å². The second-order valence-corrected chi connectivity index (χ2v) is 7.79. The van der Waals surface area contributed by atoms with Crippen LogP contribution >= 0.6 is 0 Å². The fourth-order valence-corrected chi connectivity index (χ4v) is 3.35. The summed E-state index contributed by atoms with van der Waals surface area (Å²) in [7, 11) is 0. The number of carbonyl (C=O) groups excluding carboxylic acids is 2. The minimum absolute atomic E-state index is 0.0338. The molecule has 2 fully saturated rings. The van der Waals surface area contributed by atoms with E-state index in [1.54, 1.807) is 36.7 Å². The first-order valence-electron chi connectivity index (χ1n) is 10.0. The van der Waals surface area contributed by atoms with Crippen molar-refractivity contribution in [2.45, 2.75) is 37.6 Å². The van der Waals surface area contributed by atoms with Crippen molar-refractivity contribution < 1.29 is 14.7 Å². The van der Waals surface area contributed by atoms with Crippen LogP contribution in [0.1, 0.15) is 47.7 Å².